The van der Waals surface area contributed by atoms with Gasteiger partial charge in [0.25, 0.3) is 0 Å². The third-order valence-corrected chi connectivity index (χ3v) is 3.12. The minimum Gasteiger partial charge on any atom is -0.383 e. The van der Waals surface area contributed by atoms with Gasteiger partial charge in [0.2, 0.25) is 0 Å². The molecule has 1 heterocycles. The van der Waals surface area contributed by atoms with Gasteiger partial charge in [0.05, 0.1) is 11.5 Å². The quantitative estimate of drug-likeness (QED) is 0.805. The number of nitrogens with one attached hydrogen (secondary N) is 1. The number of ether oxygens (including phenoxy) is 1. The molecule has 0 radical (unpaired) electrons. The predicted octanol–water partition coefficient (Wildman–Crippen LogP) is 2.70. The van der Waals surface area contributed by atoms with Gasteiger partial charge in [-0.25, -0.2) is 4.98 Å². The van der Waals surface area contributed by atoms with E-state index in [4.69, 9.17) is 27.9 Å². The van der Waals surface area contributed by atoms with Crippen LogP contribution in [0, 0.1) is 0 Å². The molecule has 84 valence electrons. The highest BCUT2D eigenvalue weighted by atomic mass is 35.5. The molecule has 0 bridgehead atoms. The molecule has 1 rings (SSSR count). The summed E-state index contributed by atoms with van der Waals surface area (Å²) in [6, 6.07) is 0. The number of hydrogen-bond acceptors (Lipinski definition) is 4. The van der Waals surface area contributed by atoms with Crippen LogP contribution in [-0.2, 0) is 4.74 Å². The molecule has 0 aliphatic heterocycles. The first-order valence-corrected chi connectivity index (χ1v) is 5.99. The van der Waals surface area contributed by atoms with Gasteiger partial charge in [0, 0.05) is 20.2 Å². The SMILES string of the molecule is COCCNCC=Cc1sc(Cl)nc1Cl. The van der Waals surface area contributed by atoms with Crippen LogP contribution in [0.5, 0.6) is 0 Å². The van der Waals surface area contributed by atoms with Gasteiger partial charge in [-0.15, -0.1) is 11.3 Å². The Hall–Kier alpha value is -0.130. The highest BCUT2D eigenvalue weighted by Crippen LogP contribution is 2.27. The van der Waals surface area contributed by atoms with E-state index in [1.54, 1.807) is 7.11 Å². The van der Waals surface area contributed by atoms with E-state index in [0.29, 0.717) is 16.2 Å². The van der Waals surface area contributed by atoms with E-state index in [1.807, 2.05) is 12.2 Å². The number of hydrogen-bond donors (Lipinski definition) is 1. The van der Waals surface area contributed by atoms with Crippen molar-refractivity contribution in [3.8, 4) is 0 Å². The summed E-state index contributed by atoms with van der Waals surface area (Å²) < 4.78 is 5.36. The summed E-state index contributed by atoms with van der Waals surface area (Å²) in [6.45, 7) is 2.31. The molecule has 0 aromatic carbocycles. The lowest BCUT2D eigenvalue weighted by Gasteiger charge is -1.98. The van der Waals surface area contributed by atoms with E-state index in [2.05, 4.69) is 10.3 Å². The molecule has 3 nitrogen and oxygen atoms in total. The maximum Gasteiger partial charge on any atom is 0.185 e. The third-order valence-electron chi connectivity index (χ3n) is 1.60. The first-order valence-electron chi connectivity index (χ1n) is 4.42. The Morgan fingerprint density at radius 3 is 2.93 bits per heavy atom. The lowest BCUT2D eigenvalue weighted by atomic mass is 10.4. The summed E-state index contributed by atoms with van der Waals surface area (Å²) >= 11 is 12.9. The van der Waals surface area contributed by atoms with Crippen LogP contribution in [0.3, 0.4) is 0 Å². The van der Waals surface area contributed by atoms with Gasteiger partial charge < -0.3 is 10.1 Å². The Balaban J connectivity index is 2.28. The smallest absolute Gasteiger partial charge is 0.185 e. The predicted molar refractivity (Wildman–Crippen MR) is 65.9 cm³/mol. The standard InChI is InChI=1S/C9H12Cl2N2OS/c1-14-6-5-12-4-2-3-7-8(10)13-9(11)15-7/h2-3,12H,4-6H2,1H3. The van der Waals surface area contributed by atoms with Crippen molar-refractivity contribution in [2.45, 2.75) is 0 Å². The molecule has 1 N–H and O–H groups in total. The Morgan fingerprint density at radius 1 is 1.53 bits per heavy atom. The minimum atomic E-state index is 0.457. The van der Waals surface area contributed by atoms with Crippen LogP contribution in [0.2, 0.25) is 9.62 Å². The van der Waals surface area contributed by atoms with Crippen LogP contribution < -0.4 is 5.32 Å². The average Bonchev–Trinajstić information content (AvgIpc) is 2.51. The lowest BCUT2D eigenvalue weighted by molar-refractivity contribution is 0.200. The first kappa shape index (κ1) is 12.9. The maximum absolute atomic E-state index is 5.83. The van der Waals surface area contributed by atoms with Crippen molar-refractivity contribution in [2.24, 2.45) is 0 Å². The van der Waals surface area contributed by atoms with Gasteiger partial charge in [0.1, 0.15) is 5.15 Å². The van der Waals surface area contributed by atoms with Gasteiger partial charge in [-0.3, -0.25) is 0 Å². The average molecular weight is 267 g/mol. The number of methoxy groups -OCH3 is 1. The number of halogens is 2. The zero-order chi connectivity index (χ0) is 11.1. The van der Waals surface area contributed by atoms with Crippen molar-refractivity contribution in [3.05, 3.63) is 20.6 Å². The van der Waals surface area contributed by atoms with Gasteiger partial charge in [-0.05, 0) is 6.08 Å². The first-order chi connectivity index (χ1) is 7.24. The van der Waals surface area contributed by atoms with E-state index in [-0.39, 0.29) is 0 Å². The summed E-state index contributed by atoms with van der Waals surface area (Å²) in [5.41, 5.74) is 0. The molecule has 1 aromatic heterocycles. The van der Waals surface area contributed by atoms with Gasteiger partial charge in [-0.1, -0.05) is 29.3 Å². The second kappa shape index (κ2) is 7.19. The summed E-state index contributed by atoms with van der Waals surface area (Å²) in [6.07, 6.45) is 3.89. The van der Waals surface area contributed by atoms with Crippen LogP contribution in [-0.4, -0.2) is 31.8 Å². The molecule has 6 heteroatoms. The number of rotatable bonds is 6. The normalized spacial score (nSPS) is 11.4. The van der Waals surface area contributed by atoms with Crippen molar-refractivity contribution in [2.75, 3.05) is 26.8 Å². The van der Waals surface area contributed by atoms with E-state index in [0.717, 1.165) is 18.0 Å². The molecule has 0 unspecified atom stereocenters. The molecule has 1 aromatic rings. The van der Waals surface area contributed by atoms with Crippen molar-refractivity contribution < 1.29 is 4.74 Å². The van der Waals surface area contributed by atoms with E-state index in [1.165, 1.54) is 11.3 Å². The highest BCUT2D eigenvalue weighted by molar-refractivity contribution is 7.17. The second-order valence-corrected chi connectivity index (χ2v) is 4.69. The van der Waals surface area contributed by atoms with Crippen LogP contribution in [0.1, 0.15) is 4.88 Å². The molecule has 0 fully saturated rings. The zero-order valence-electron chi connectivity index (χ0n) is 8.30. The Labute approximate surface area is 103 Å². The van der Waals surface area contributed by atoms with Gasteiger partial charge in [-0.2, -0.15) is 0 Å². The summed E-state index contributed by atoms with van der Waals surface area (Å²) in [5, 5.41) is 3.64. The van der Waals surface area contributed by atoms with E-state index >= 15 is 0 Å². The van der Waals surface area contributed by atoms with Crippen LogP contribution in [0.4, 0.5) is 0 Å². The number of aromatic nitrogens is 1. The maximum atomic E-state index is 5.83. The topological polar surface area (TPSA) is 34.1 Å². The number of nitrogens with zero attached hydrogens (tertiary/aromatic N) is 1. The molecule has 0 amide bonds. The fraction of sp³-hybridized carbons (Fsp3) is 0.444. The van der Waals surface area contributed by atoms with Crippen LogP contribution in [0.25, 0.3) is 6.08 Å². The van der Waals surface area contributed by atoms with Gasteiger partial charge >= 0.3 is 0 Å². The van der Waals surface area contributed by atoms with Crippen molar-refractivity contribution in [1.29, 1.82) is 0 Å². The molecule has 0 spiro atoms. The largest absolute Gasteiger partial charge is 0.383 e. The van der Waals surface area contributed by atoms with Crippen molar-refractivity contribution in [3.63, 3.8) is 0 Å². The summed E-state index contributed by atoms with van der Waals surface area (Å²) in [7, 11) is 1.68. The Kier molecular flexibility index (Phi) is 6.20. The fourth-order valence-electron chi connectivity index (χ4n) is 0.916. The van der Waals surface area contributed by atoms with Crippen molar-refractivity contribution >= 4 is 40.6 Å². The minimum absolute atomic E-state index is 0.457. The molecular formula is C9H12Cl2N2OS. The second-order valence-electron chi connectivity index (χ2n) is 2.72. The Bertz CT molecular complexity index is 328. The Morgan fingerprint density at radius 2 is 2.33 bits per heavy atom. The fourth-order valence-corrected chi connectivity index (χ4v) is 2.22. The third kappa shape index (κ3) is 4.95. The van der Waals surface area contributed by atoms with Gasteiger partial charge in [0.15, 0.2) is 4.47 Å². The summed E-state index contributed by atoms with van der Waals surface area (Å²) in [5.74, 6) is 0. The molecule has 0 saturated heterocycles. The molecular weight excluding hydrogens is 255 g/mol. The molecule has 0 atom stereocenters. The molecule has 0 aliphatic rings. The van der Waals surface area contributed by atoms with E-state index < -0.39 is 0 Å². The molecule has 0 saturated carbocycles. The highest BCUT2D eigenvalue weighted by Gasteiger charge is 2.03. The van der Waals surface area contributed by atoms with Crippen LogP contribution >= 0.6 is 34.5 Å². The summed E-state index contributed by atoms with van der Waals surface area (Å²) in [4.78, 5) is 4.78. The van der Waals surface area contributed by atoms with Crippen LogP contribution in [0.15, 0.2) is 6.08 Å². The lowest BCUT2D eigenvalue weighted by Crippen LogP contribution is -2.18. The molecule has 15 heavy (non-hydrogen) atoms. The van der Waals surface area contributed by atoms with E-state index in [9.17, 15) is 0 Å². The zero-order valence-corrected chi connectivity index (χ0v) is 10.6. The monoisotopic (exact) mass is 266 g/mol. The van der Waals surface area contributed by atoms with Crippen molar-refractivity contribution in [1.82, 2.24) is 10.3 Å². The molecule has 0 aliphatic carbocycles. The number of thiazole rings is 1.